The lowest BCUT2D eigenvalue weighted by Crippen LogP contribution is -2.53. The van der Waals surface area contributed by atoms with Gasteiger partial charge in [-0.2, -0.15) is 0 Å². The second-order valence-corrected chi connectivity index (χ2v) is 7.35. The molecule has 1 aromatic heterocycles. The number of ether oxygens (including phenoxy) is 1. The standard InChI is InChI=1S/C19H31N3O4/c1-9-22(18(25)21-19(6,7)8)13(5)16(23)14-11(3)15(20-12(14)4)17(24)26-10-2/h13,20H,9-10H2,1-8H3,(H,21,25). The molecule has 1 unspecified atom stereocenters. The van der Waals surface area contributed by atoms with Crippen molar-refractivity contribution in [3.63, 3.8) is 0 Å². The number of ketones is 1. The number of amides is 2. The summed E-state index contributed by atoms with van der Waals surface area (Å²) in [5.41, 5.74) is 1.45. The molecule has 0 aromatic carbocycles. The van der Waals surface area contributed by atoms with E-state index in [0.29, 0.717) is 23.4 Å². The van der Waals surface area contributed by atoms with Crippen LogP contribution in [0.1, 0.15) is 73.6 Å². The first-order valence-corrected chi connectivity index (χ1v) is 8.93. The first kappa shape index (κ1) is 21.7. The Hall–Kier alpha value is -2.31. The summed E-state index contributed by atoms with van der Waals surface area (Å²) in [6.07, 6.45) is 0. The highest BCUT2D eigenvalue weighted by molar-refractivity contribution is 6.06. The minimum Gasteiger partial charge on any atom is -0.461 e. The molecular formula is C19H31N3O4. The van der Waals surface area contributed by atoms with Crippen LogP contribution >= 0.6 is 0 Å². The molecule has 7 heteroatoms. The van der Waals surface area contributed by atoms with Gasteiger partial charge in [-0.05, 0) is 61.0 Å². The molecule has 0 saturated carbocycles. The van der Waals surface area contributed by atoms with Gasteiger partial charge in [0.2, 0.25) is 0 Å². The van der Waals surface area contributed by atoms with Crippen LogP contribution in [0.15, 0.2) is 0 Å². The monoisotopic (exact) mass is 365 g/mol. The number of aromatic nitrogens is 1. The van der Waals surface area contributed by atoms with Crippen molar-refractivity contribution in [3.05, 3.63) is 22.5 Å². The number of aryl methyl sites for hydroxylation is 1. The quantitative estimate of drug-likeness (QED) is 0.598. The fourth-order valence-electron chi connectivity index (χ4n) is 2.86. The normalized spacial score (nSPS) is 12.5. The molecule has 2 amide bonds. The summed E-state index contributed by atoms with van der Waals surface area (Å²) in [4.78, 5) is 42.0. The number of hydrogen-bond donors (Lipinski definition) is 2. The zero-order chi connectivity index (χ0) is 20.2. The Kier molecular flexibility index (Phi) is 7.00. The summed E-state index contributed by atoms with van der Waals surface area (Å²) in [5, 5.41) is 2.88. The van der Waals surface area contributed by atoms with Crippen LogP contribution in [0.25, 0.3) is 0 Å². The molecule has 0 radical (unpaired) electrons. The molecule has 1 rings (SSSR count). The summed E-state index contributed by atoms with van der Waals surface area (Å²) in [6.45, 7) is 15.0. The highest BCUT2D eigenvalue weighted by Crippen LogP contribution is 2.22. The first-order chi connectivity index (χ1) is 11.9. The van der Waals surface area contributed by atoms with E-state index in [1.54, 1.807) is 27.7 Å². The molecular weight excluding hydrogens is 334 g/mol. The highest BCUT2D eigenvalue weighted by atomic mass is 16.5. The fraction of sp³-hybridized carbons (Fsp3) is 0.632. The van der Waals surface area contributed by atoms with Gasteiger partial charge in [0.25, 0.3) is 0 Å². The second-order valence-electron chi connectivity index (χ2n) is 7.35. The van der Waals surface area contributed by atoms with Gasteiger partial charge >= 0.3 is 12.0 Å². The fourth-order valence-corrected chi connectivity index (χ4v) is 2.86. The Labute approximate surface area is 155 Å². The molecule has 0 aliphatic carbocycles. The Morgan fingerprint density at radius 2 is 1.77 bits per heavy atom. The van der Waals surface area contributed by atoms with Gasteiger partial charge in [-0.1, -0.05) is 0 Å². The zero-order valence-electron chi connectivity index (χ0n) is 17.1. The number of likely N-dealkylation sites (N-methyl/N-ethyl adjacent to an activating group) is 1. The van der Waals surface area contributed by atoms with Crippen molar-refractivity contribution in [1.82, 2.24) is 15.2 Å². The molecule has 0 saturated heterocycles. The van der Waals surface area contributed by atoms with Crippen LogP contribution in [-0.2, 0) is 4.74 Å². The van der Waals surface area contributed by atoms with Gasteiger partial charge in [0, 0.05) is 23.3 Å². The number of nitrogens with one attached hydrogen (secondary N) is 2. The van der Waals surface area contributed by atoms with Crippen molar-refractivity contribution in [1.29, 1.82) is 0 Å². The van der Waals surface area contributed by atoms with Crippen LogP contribution in [0.2, 0.25) is 0 Å². The summed E-state index contributed by atoms with van der Waals surface area (Å²) >= 11 is 0. The Bertz CT molecular complexity index is 686. The van der Waals surface area contributed by atoms with E-state index >= 15 is 0 Å². The van der Waals surface area contributed by atoms with Gasteiger partial charge in [-0.15, -0.1) is 0 Å². The van der Waals surface area contributed by atoms with E-state index in [-0.39, 0.29) is 24.1 Å². The molecule has 146 valence electrons. The van der Waals surface area contributed by atoms with Crippen LogP contribution in [0.5, 0.6) is 0 Å². The second kappa shape index (κ2) is 8.38. The number of urea groups is 1. The van der Waals surface area contributed by atoms with Crippen LogP contribution in [0.4, 0.5) is 4.79 Å². The molecule has 0 fully saturated rings. The molecule has 26 heavy (non-hydrogen) atoms. The smallest absolute Gasteiger partial charge is 0.355 e. The average molecular weight is 365 g/mol. The third kappa shape index (κ3) is 4.86. The topological polar surface area (TPSA) is 91.5 Å². The molecule has 2 N–H and O–H groups in total. The number of Topliss-reactive ketones (excluding diaryl/α,β-unsaturated/α-hetero) is 1. The van der Waals surface area contributed by atoms with Crippen molar-refractivity contribution in [2.75, 3.05) is 13.2 Å². The van der Waals surface area contributed by atoms with Crippen molar-refractivity contribution in [2.24, 2.45) is 0 Å². The largest absolute Gasteiger partial charge is 0.461 e. The first-order valence-electron chi connectivity index (χ1n) is 8.93. The number of carbonyl (C=O) groups excluding carboxylic acids is 3. The third-order valence-corrected chi connectivity index (χ3v) is 4.09. The van der Waals surface area contributed by atoms with Crippen LogP contribution < -0.4 is 5.32 Å². The van der Waals surface area contributed by atoms with Crippen molar-refractivity contribution in [3.8, 4) is 0 Å². The van der Waals surface area contributed by atoms with Gasteiger partial charge in [0.05, 0.1) is 12.6 Å². The number of hydrogen-bond acceptors (Lipinski definition) is 4. The van der Waals surface area contributed by atoms with Gasteiger partial charge in [0.1, 0.15) is 5.69 Å². The number of carbonyl (C=O) groups is 3. The van der Waals surface area contributed by atoms with E-state index in [2.05, 4.69) is 10.3 Å². The number of esters is 1. The predicted octanol–water partition coefficient (Wildman–Crippen LogP) is 3.21. The van der Waals surface area contributed by atoms with Crippen molar-refractivity contribution >= 4 is 17.8 Å². The van der Waals surface area contributed by atoms with E-state index < -0.39 is 17.6 Å². The molecule has 0 bridgehead atoms. The van der Waals surface area contributed by atoms with Gasteiger partial charge in [-0.25, -0.2) is 9.59 Å². The average Bonchev–Trinajstić information content (AvgIpc) is 2.80. The van der Waals surface area contributed by atoms with E-state index in [1.807, 2.05) is 27.7 Å². The minimum absolute atomic E-state index is 0.210. The maximum absolute atomic E-state index is 13.1. The number of nitrogens with zero attached hydrogens (tertiary/aromatic N) is 1. The van der Waals surface area contributed by atoms with Crippen molar-refractivity contribution < 1.29 is 19.1 Å². The summed E-state index contributed by atoms with van der Waals surface area (Å²) in [5.74, 6) is -0.699. The van der Waals surface area contributed by atoms with Crippen LogP contribution in [-0.4, -0.2) is 52.4 Å². The number of rotatable bonds is 6. The molecule has 0 spiro atoms. The molecule has 1 heterocycles. The van der Waals surface area contributed by atoms with Gasteiger partial charge < -0.3 is 19.9 Å². The highest BCUT2D eigenvalue weighted by Gasteiger charge is 2.31. The Morgan fingerprint density at radius 1 is 1.19 bits per heavy atom. The van der Waals surface area contributed by atoms with Crippen molar-refractivity contribution in [2.45, 2.75) is 67.0 Å². The van der Waals surface area contributed by atoms with E-state index in [0.717, 1.165) is 0 Å². The lowest BCUT2D eigenvalue weighted by Gasteiger charge is -2.31. The number of H-pyrrole nitrogens is 1. The van der Waals surface area contributed by atoms with Crippen LogP contribution in [0.3, 0.4) is 0 Å². The van der Waals surface area contributed by atoms with Gasteiger partial charge in [-0.3, -0.25) is 4.79 Å². The van der Waals surface area contributed by atoms with E-state index in [9.17, 15) is 14.4 Å². The molecule has 1 atom stereocenters. The van der Waals surface area contributed by atoms with Crippen LogP contribution in [0, 0.1) is 13.8 Å². The number of aromatic amines is 1. The zero-order valence-corrected chi connectivity index (χ0v) is 17.1. The Balaban J connectivity index is 3.14. The summed E-state index contributed by atoms with van der Waals surface area (Å²) in [7, 11) is 0. The maximum Gasteiger partial charge on any atom is 0.355 e. The molecule has 0 aliphatic heterocycles. The molecule has 0 aliphatic rings. The third-order valence-electron chi connectivity index (χ3n) is 4.09. The lowest BCUT2D eigenvalue weighted by atomic mass is 10.00. The van der Waals surface area contributed by atoms with Gasteiger partial charge in [0.15, 0.2) is 5.78 Å². The van der Waals surface area contributed by atoms with E-state index in [4.69, 9.17) is 4.74 Å². The molecule has 1 aromatic rings. The minimum atomic E-state index is -0.661. The summed E-state index contributed by atoms with van der Waals surface area (Å²) < 4.78 is 5.02. The maximum atomic E-state index is 13.1. The van der Waals surface area contributed by atoms with E-state index in [1.165, 1.54) is 4.90 Å². The lowest BCUT2D eigenvalue weighted by molar-refractivity contribution is 0.0519. The predicted molar refractivity (Wildman–Crippen MR) is 101 cm³/mol. The Morgan fingerprint density at radius 3 is 2.23 bits per heavy atom. The summed E-state index contributed by atoms with van der Waals surface area (Å²) in [6, 6.07) is -0.956. The molecule has 7 nitrogen and oxygen atoms in total. The SMILES string of the molecule is CCOC(=O)c1[nH]c(C)c(C(=O)C(C)N(CC)C(=O)NC(C)(C)C)c1C.